The monoisotopic (exact) mass is 412 g/mol. The molecule has 156 valence electrons. The van der Waals surface area contributed by atoms with E-state index in [1.807, 2.05) is 43.3 Å². The number of carbonyl (C=O) groups is 1. The molecule has 2 N–H and O–H groups in total. The van der Waals surface area contributed by atoms with Crippen molar-refractivity contribution in [2.45, 2.75) is 18.9 Å². The summed E-state index contributed by atoms with van der Waals surface area (Å²) in [5.41, 5.74) is 5.06. The molecule has 1 aliphatic heterocycles. The molecule has 0 unspecified atom stereocenters. The molecule has 3 aromatic heterocycles. The Morgan fingerprint density at radius 2 is 1.97 bits per heavy atom. The highest BCUT2D eigenvalue weighted by Crippen LogP contribution is 2.28. The first kappa shape index (κ1) is 19.4. The van der Waals surface area contributed by atoms with Gasteiger partial charge in [0.05, 0.1) is 5.56 Å². The van der Waals surface area contributed by atoms with Crippen LogP contribution in [0.15, 0.2) is 60.9 Å². The minimum atomic E-state index is -0.117. The van der Waals surface area contributed by atoms with Gasteiger partial charge in [-0.05, 0) is 37.7 Å². The van der Waals surface area contributed by atoms with Crippen molar-refractivity contribution in [3.8, 4) is 11.3 Å². The first-order chi connectivity index (χ1) is 15.1. The molecule has 7 nitrogen and oxygen atoms in total. The summed E-state index contributed by atoms with van der Waals surface area (Å²) in [6.45, 7) is 3.67. The number of H-pyrrole nitrogens is 1. The van der Waals surface area contributed by atoms with E-state index in [-0.39, 0.29) is 17.9 Å². The van der Waals surface area contributed by atoms with E-state index in [9.17, 15) is 4.79 Å². The van der Waals surface area contributed by atoms with E-state index in [0.29, 0.717) is 11.2 Å². The molecule has 1 amide bonds. The van der Waals surface area contributed by atoms with E-state index in [0.717, 1.165) is 35.4 Å². The van der Waals surface area contributed by atoms with Crippen molar-refractivity contribution in [2.24, 2.45) is 0 Å². The first-order valence-corrected chi connectivity index (χ1v) is 10.4. The molecule has 5 rings (SSSR count). The second-order valence-electron chi connectivity index (χ2n) is 8.20. The van der Waals surface area contributed by atoms with Crippen molar-refractivity contribution in [1.82, 2.24) is 30.4 Å². The predicted octanol–water partition coefficient (Wildman–Crippen LogP) is 3.16. The van der Waals surface area contributed by atoms with Crippen LogP contribution in [-0.4, -0.2) is 57.2 Å². The van der Waals surface area contributed by atoms with Gasteiger partial charge in [0.2, 0.25) is 0 Å². The maximum absolute atomic E-state index is 13.1. The van der Waals surface area contributed by atoms with Crippen LogP contribution in [0, 0.1) is 6.92 Å². The molecule has 1 saturated heterocycles. The van der Waals surface area contributed by atoms with Gasteiger partial charge in [-0.25, -0.2) is 4.98 Å². The largest absolute Gasteiger partial charge is 0.347 e. The van der Waals surface area contributed by atoms with Gasteiger partial charge in [0.15, 0.2) is 5.65 Å². The average Bonchev–Trinajstić information content (AvgIpc) is 3.37. The summed E-state index contributed by atoms with van der Waals surface area (Å²) in [5.74, 6) is 0.143. The zero-order valence-electron chi connectivity index (χ0n) is 17.5. The topological polar surface area (TPSA) is 86.8 Å². The van der Waals surface area contributed by atoms with Crippen molar-refractivity contribution in [3.05, 3.63) is 77.7 Å². The molecule has 0 saturated carbocycles. The highest BCUT2D eigenvalue weighted by molar-refractivity contribution is 6.00. The average molecular weight is 412 g/mol. The number of hydrogen-bond donors (Lipinski definition) is 2. The number of likely N-dealkylation sites (tertiary alicyclic amines) is 1. The van der Waals surface area contributed by atoms with Crippen LogP contribution >= 0.6 is 0 Å². The Morgan fingerprint density at radius 3 is 2.77 bits per heavy atom. The van der Waals surface area contributed by atoms with Gasteiger partial charge in [0.1, 0.15) is 5.69 Å². The third-order valence-electron chi connectivity index (χ3n) is 5.90. The second-order valence-corrected chi connectivity index (χ2v) is 8.20. The molecule has 0 aliphatic carbocycles. The number of rotatable bonds is 4. The SMILES string of the molecule is Cc1cc(-c2n[nH]c3ncc(C(=O)N[C@@H]4CN(C)C[C@H]4c4ccccc4)cc23)ccn1. The summed E-state index contributed by atoms with van der Waals surface area (Å²) < 4.78 is 0. The number of nitrogens with zero attached hydrogens (tertiary/aromatic N) is 4. The zero-order chi connectivity index (χ0) is 21.4. The molecule has 0 bridgehead atoms. The van der Waals surface area contributed by atoms with Crippen LogP contribution in [0.5, 0.6) is 0 Å². The van der Waals surface area contributed by atoms with Crippen LogP contribution < -0.4 is 5.32 Å². The molecule has 1 fully saturated rings. The molecule has 1 aromatic carbocycles. The summed E-state index contributed by atoms with van der Waals surface area (Å²) >= 11 is 0. The van der Waals surface area contributed by atoms with Gasteiger partial charge < -0.3 is 10.2 Å². The molecule has 7 heteroatoms. The van der Waals surface area contributed by atoms with E-state index >= 15 is 0 Å². The Labute approximate surface area is 180 Å². The van der Waals surface area contributed by atoms with Crippen LogP contribution in [-0.2, 0) is 0 Å². The minimum Gasteiger partial charge on any atom is -0.347 e. The zero-order valence-corrected chi connectivity index (χ0v) is 17.5. The van der Waals surface area contributed by atoms with Gasteiger partial charge in [-0.3, -0.25) is 14.9 Å². The Kier molecular flexibility index (Phi) is 4.95. The highest BCUT2D eigenvalue weighted by Gasteiger charge is 2.33. The van der Waals surface area contributed by atoms with Crippen LogP contribution in [0.25, 0.3) is 22.3 Å². The van der Waals surface area contributed by atoms with Crippen molar-refractivity contribution >= 4 is 16.9 Å². The normalized spacial score (nSPS) is 19.0. The van der Waals surface area contributed by atoms with Crippen molar-refractivity contribution in [1.29, 1.82) is 0 Å². The number of amides is 1. The third kappa shape index (κ3) is 3.80. The smallest absolute Gasteiger partial charge is 0.253 e. The minimum absolute atomic E-state index is 0.0438. The second kappa shape index (κ2) is 7.92. The summed E-state index contributed by atoms with van der Waals surface area (Å²) in [6.07, 6.45) is 3.36. The van der Waals surface area contributed by atoms with E-state index < -0.39 is 0 Å². The van der Waals surface area contributed by atoms with Crippen molar-refractivity contribution < 1.29 is 4.79 Å². The van der Waals surface area contributed by atoms with Gasteiger partial charge in [-0.1, -0.05) is 30.3 Å². The summed E-state index contributed by atoms with van der Waals surface area (Å²) in [6, 6.07) is 16.2. The predicted molar refractivity (Wildman–Crippen MR) is 120 cm³/mol. The number of aromatic nitrogens is 4. The lowest BCUT2D eigenvalue weighted by atomic mass is 9.94. The maximum Gasteiger partial charge on any atom is 0.253 e. The molecule has 4 heterocycles. The maximum atomic E-state index is 13.1. The number of aromatic amines is 1. The van der Waals surface area contributed by atoms with Crippen LogP contribution in [0.2, 0.25) is 0 Å². The lowest BCUT2D eigenvalue weighted by Gasteiger charge is -2.20. The number of hydrogen-bond acceptors (Lipinski definition) is 5. The molecule has 4 aromatic rings. The number of likely N-dealkylation sites (N-methyl/N-ethyl adjacent to an activating group) is 1. The van der Waals surface area contributed by atoms with Crippen molar-refractivity contribution in [3.63, 3.8) is 0 Å². The molecule has 1 aliphatic rings. The molecular weight excluding hydrogens is 388 g/mol. The summed E-state index contributed by atoms with van der Waals surface area (Å²) in [7, 11) is 2.09. The van der Waals surface area contributed by atoms with Gasteiger partial charge >= 0.3 is 0 Å². The van der Waals surface area contributed by atoms with Gasteiger partial charge in [-0.15, -0.1) is 0 Å². The Morgan fingerprint density at radius 1 is 1.13 bits per heavy atom. The van der Waals surface area contributed by atoms with E-state index in [1.54, 1.807) is 12.4 Å². The fourth-order valence-electron chi connectivity index (χ4n) is 4.38. The van der Waals surface area contributed by atoms with E-state index in [1.165, 1.54) is 5.56 Å². The number of nitrogens with one attached hydrogen (secondary N) is 2. The first-order valence-electron chi connectivity index (χ1n) is 10.4. The Hall–Kier alpha value is -3.58. The highest BCUT2D eigenvalue weighted by atomic mass is 16.1. The fraction of sp³-hybridized carbons (Fsp3) is 0.250. The quantitative estimate of drug-likeness (QED) is 0.538. The van der Waals surface area contributed by atoms with E-state index in [4.69, 9.17) is 0 Å². The Bertz CT molecular complexity index is 1240. The summed E-state index contributed by atoms with van der Waals surface area (Å²) in [4.78, 5) is 24.1. The fourth-order valence-corrected chi connectivity index (χ4v) is 4.38. The molecule has 0 radical (unpaired) electrons. The number of carbonyl (C=O) groups excluding carboxylic acids is 1. The molecule has 31 heavy (non-hydrogen) atoms. The van der Waals surface area contributed by atoms with E-state index in [2.05, 4.69) is 49.6 Å². The molecular formula is C24H24N6O. The van der Waals surface area contributed by atoms with Crippen molar-refractivity contribution in [2.75, 3.05) is 20.1 Å². The van der Waals surface area contributed by atoms with Gasteiger partial charge in [0, 0.05) is 54.1 Å². The van der Waals surface area contributed by atoms with Crippen LogP contribution in [0.1, 0.15) is 27.5 Å². The molecule has 0 spiro atoms. The van der Waals surface area contributed by atoms with Gasteiger partial charge in [-0.2, -0.15) is 5.10 Å². The lowest BCUT2D eigenvalue weighted by Crippen LogP contribution is -2.39. The summed E-state index contributed by atoms with van der Waals surface area (Å²) in [5, 5.41) is 11.4. The number of benzene rings is 1. The van der Waals surface area contributed by atoms with Crippen LogP contribution in [0.4, 0.5) is 0 Å². The molecule has 2 atom stereocenters. The Balaban J connectivity index is 1.43. The number of aryl methyl sites for hydroxylation is 1. The standard InChI is InChI=1S/C24H24N6O/c1-15-10-17(8-9-25-15)22-19-11-18(12-26-23(19)29-28-22)24(31)27-21-14-30(2)13-20(21)16-6-4-3-5-7-16/h3-12,20-21H,13-14H2,1-2H3,(H,27,31)(H,26,28,29)/t20-,21+/m0/s1. The van der Waals surface area contributed by atoms with Crippen LogP contribution in [0.3, 0.4) is 0 Å². The number of fused-ring (bicyclic) bond motifs is 1. The number of pyridine rings is 2. The van der Waals surface area contributed by atoms with Gasteiger partial charge in [0.25, 0.3) is 5.91 Å². The lowest BCUT2D eigenvalue weighted by molar-refractivity contribution is 0.0935. The third-order valence-corrected chi connectivity index (χ3v) is 5.90.